The van der Waals surface area contributed by atoms with Gasteiger partial charge in [0.05, 0.1) is 0 Å². The van der Waals surface area contributed by atoms with E-state index in [0.29, 0.717) is 12.1 Å². The molecule has 1 aliphatic rings. The molecule has 1 aromatic heterocycles. The van der Waals surface area contributed by atoms with Crippen molar-refractivity contribution in [2.24, 2.45) is 0 Å². The van der Waals surface area contributed by atoms with Crippen LogP contribution in [0.15, 0.2) is 15.9 Å². The Morgan fingerprint density at radius 2 is 2.50 bits per heavy atom. The lowest BCUT2D eigenvalue weighted by atomic mass is 10.2. The highest BCUT2D eigenvalue weighted by atomic mass is 79.9. The molecular weight excluding hydrogens is 284 g/mol. The molecule has 90 valence electrons. The molecule has 1 saturated heterocycles. The minimum Gasteiger partial charge on any atom is -0.313 e. The summed E-state index contributed by atoms with van der Waals surface area (Å²) in [5, 5.41) is 5.71. The van der Waals surface area contributed by atoms with Gasteiger partial charge in [0.2, 0.25) is 0 Å². The number of likely N-dealkylation sites (N-methyl/N-ethyl adjacent to an activating group) is 1. The monoisotopic (exact) mass is 302 g/mol. The molecular formula is C12H19BrN2S. The van der Waals surface area contributed by atoms with Gasteiger partial charge in [0.15, 0.2) is 0 Å². The smallest absolute Gasteiger partial charge is 0.0411 e. The lowest BCUT2D eigenvalue weighted by Gasteiger charge is -2.26. The Hall–Kier alpha value is 0.1000. The third-order valence-corrected chi connectivity index (χ3v) is 5.20. The maximum absolute atomic E-state index is 3.55. The Kier molecular flexibility index (Phi) is 4.41. The van der Waals surface area contributed by atoms with Crippen molar-refractivity contribution in [1.82, 2.24) is 10.2 Å². The lowest BCUT2D eigenvalue weighted by molar-refractivity contribution is 0.241. The fraction of sp³-hybridized carbons (Fsp3) is 0.667. The highest BCUT2D eigenvalue weighted by Gasteiger charge is 2.20. The molecule has 16 heavy (non-hydrogen) atoms. The molecule has 1 N–H and O–H groups in total. The van der Waals surface area contributed by atoms with E-state index in [1.54, 1.807) is 0 Å². The van der Waals surface area contributed by atoms with Crippen LogP contribution in [0.1, 0.15) is 30.7 Å². The first-order valence-electron chi connectivity index (χ1n) is 5.84. The summed E-state index contributed by atoms with van der Waals surface area (Å²) in [4.78, 5) is 3.88. The summed E-state index contributed by atoms with van der Waals surface area (Å²) in [6, 6.07) is 3.43. The van der Waals surface area contributed by atoms with Crippen LogP contribution in [-0.4, -0.2) is 31.1 Å². The molecule has 0 aromatic carbocycles. The molecule has 2 atom stereocenters. The molecule has 2 nitrogen and oxygen atoms in total. The van der Waals surface area contributed by atoms with Crippen LogP contribution in [0.5, 0.6) is 0 Å². The van der Waals surface area contributed by atoms with Gasteiger partial charge in [-0.05, 0) is 55.4 Å². The van der Waals surface area contributed by atoms with E-state index in [4.69, 9.17) is 0 Å². The predicted octanol–water partition coefficient (Wildman–Crippen LogP) is 3.26. The van der Waals surface area contributed by atoms with Gasteiger partial charge in [-0.2, -0.15) is 0 Å². The second-order valence-electron chi connectivity index (χ2n) is 4.58. The highest BCUT2D eigenvalue weighted by molar-refractivity contribution is 9.10. The summed E-state index contributed by atoms with van der Waals surface area (Å²) >= 11 is 5.35. The number of thiophene rings is 1. The Balaban J connectivity index is 1.90. The first-order chi connectivity index (χ1) is 7.66. The third-order valence-electron chi connectivity index (χ3n) is 3.33. The first kappa shape index (κ1) is 12.6. The normalized spacial score (nSPS) is 22.9. The standard InChI is InChI=1S/C12H19BrN2S/c1-9(12-6-10(13)8-16-12)15(2)7-11-4-3-5-14-11/h6,8-9,11,14H,3-5,7H2,1-2H3. The van der Waals surface area contributed by atoms with Crippen molar-refractivity contribution < 1.29 is 0 Å². The average molecular weight is 303 g/mol. The number of rotatable bonds is 4. The SMILES string of the molecule is CC(c1cc(Br)cs1)N(C)CC1CCCN1. The van der Waals surface area contributed by atoms with E-state index in [1.165, 1.54) is 28.7 Å². The van der Waals surface area contributed by atoms with E-state index in [2.05, 4.69) is 51.6 Å². The van der Waals surface area contributed by atoms with Crippen molar-refractivity contribution in [1.29, 1.82) is 0 Å². The maximum Gasteiger partial charge on any atom is 0.0411 e. The first-order valence-corrected chi connectivity index (χ1v) is 7.51. The molecule has 2 heterocycles. The summed E-state index contributed by atoms with van der Waals surface area (Å²) in [5.41, 5.74) is 0. The molecule has 0 amide bonds. The van der Waals surface area contributed by atoms with E-state index in [0.717, 1.165) is 6.54 Å². The van der Waals surface area contributed by atoms with Crippen LogP contribution in [0.2, 0.25) is 0 Å². The van der Waals surface area contributed by atoms with Crippen molar-refractivity contribution in [2.75, 3.05) is 20.1 Å². The molecule has 0 saturated carbocycles. The Bertz CT molecular complexity index is 334. The maximum atomic E-state index is 3.55. The zero-order chi connectivity index (χ0) is 11.5. The van der Waals surface area contributed by atoms with Crippen LogP contribution in [-0.2, 0) is 0 Å². The van der Waals surface area contributed by atoms with Gasteiger partial charge in [-0.1, -0.05) is 0 Å². The van der Waals surface area contributed by atoms with Gasteiger partial charge in [-0.25, -0.2) is 0 Å². The molecule has 2 rings (SSSR count). The summed E-state index contributed by atoms with van der Waals surface area (Å²) < 4.78 is 1.20. The van der Waals surface area contributed by atoms with E-state index in [9.17, 15) is 0 Å². The van der Waals surface area contributed by atoms with Crippen LogP contribution in [0.4, 0.5) is 0 Å². The van der Waals surface area contributed by atoms with E-state index >= 15 is 0 Å². The summed E-state index contributed by atoms with van der Waals surface area (Å²) in [6.45, 7) is 4.63. The van der Waals surface area contributed by atoms with Crippen LogP contribution in [0.3, 0.4) is 0 Å². The molecule has 0 spiro atoms. The predicted molar refractivity (Wildman–Crippen MR) is 74.1 cm³/mol. The molecule has 2 unspecified atom stereocenters. The number of hydrogen-bond donors (Lipinski definition) is 1. The Morgan fingerprint density at radius 3 is 3.06 bits per heavy atom. The van der Waals surface area contributed by atoms with Crippen molar-refractivity contribution in [3.8, 4) is 0 Å². The van der Waals surface area contributed by atoms with Crippen LogP contribution in [0, 0.1) is 0 Å². The number of nitrogens with one attached hydrogen (secondary N) is 1. The van der Waals surface area contributed by atoms with Gasteiger partial charge < -0.3 is 5.32 Å². The fourth-order valence-corrected chi connectivity index (χ4v) is 3.75. The summed E-state index contributed by atoms with van der Waals surface area (Å²) in [7, 11) is 2.22. The zero-order valence-electron chi connectivity index (χ0n) is 9.87. The second-order valence-corrected chi connectivity index (χ2v) is 6.43. The van der Waals surface area contributed by atoms with E-state index in [-0.39, 0.29) is 0 Å². The van der Waals surface area contributed by atoms with Crippen molar-refractivity contribution in [2.45, 2.75) is 31.8 Å². The largest absolute Gasteiger partial charge is 0.313 e. The van der Waals surface area contributed by atoms with Gasteiger partial charge >= 0.3 is 0 Å². The lowest BCUT2D eigenvalue weighted by Crippen LogP contribution is -2.36. The van der Waals surface area contributed by atoms with Gasteiger partial charge in [-0.3, -0.25) is 4.90 Å². The zero-order valence-corrected chi connectivity index (χ0v) is 12.3. The molecule has 4 heteroatoms. The second kappa shape index (κ2) is 5.63. The van der Waals surface area contributed by atoms with Crippen molar-refractivity contribution in [3.05, 3.63) is 20.8 Å². The Labute approximate surface area is 110 Å². The molecule has 1 aliphatic heterocycles. The third kappa shape index (κ3) is 3.06. The van der Waals surface area contributed by atoms with E-state index in [1.807, 2.05) is 11.3 Å². The van der Waals surface area contributed by atoms with Gasteiger partial charge in [0.25, 0.3) is 0 Å². The number of hydrogen-bond acceptors (Lipinski definition) is 3. The summed E-state index contributed by atoms with van der Waals surface area (Å²) in [6.07, 6.45) is 2.66. The van der Waals surface area contributed by atoms with Gasteiger partial charge in [0.1, 0.15) is 0 Å². The molecule has 1 fully saturated rings. The minimum absolute atomic E-state index is 0.513. The van der Waals surface area contributed by atoms with Crippen molar-refractivity contribution in [3.63, 3.8) is 0 Å². The molecule has 0 bridgehead atoms. The van der Waals surface area contributed by atoms with E-state index < -0.39 is 0 Å². The minimum atomic E-state index is 0.513. The molecule has 0 aliphatic carbocycles. The topological polar surface area (TPSA) is 15.3 Å². The molecule has 1 aromatic rings. The van der Waals surface area contributed by atoms with Crippen molar-refractivity contribution >= 4 is 27.3 Å². The van der Waals surface area contributed by atoms with Gasteiger partial charge in [-0.15, -0.1) is 11.3 Å². The fourth-order valence-electron chi connectivity index (χ4n) is 2.18. The molecule has 0 radical (unpaired) electrons. The van der Waals surface area contributed by atoms with Crippen LogP contribution in [0.25, 0.3) is 0 Å². The Morgan fingerprint density at radius 1 is 1.69 bits per heavy atom. The quantitative estimate of drug-likeness (QED) is 0.918. The van der Waals surface area contributed by atoms with Crippen LogP contribution < -0.4 is 5.32 Å². The highest BCUT2D eigenvalue weighted by Crippen LogP contribution is 2.28. The summed E-state index contributed by atoms with van der Waals surface area (Å²) in [5.74, 6) is 0. The van der Waals surface area contributed by atoms with Gasteiger partial charge in [0, 0.05) is 33.4 Å². The average Bonchev–Trinajstić information content (AvgIpc) is 2.88. The van der Waals surface area contributed by atoms with Crippen LogP contribution >= 0.6 is 27.3 Å². The number of halogens is 1. The number of nitrogens with zero attached hydrogens (tertiary/aromatic N) is 1.